The molecule has 6 nitrogen and oxygen atoms in total. The molecule has 18 heavy (non-hydrogen) atoms. The fraction of sp³-hybridized carbons (Fsp3) is 0.727. The molecule has 0 amide bonds. The van der Waals surface area contributed by atoms with Crippen molar-refractivity contribution in [1.82, 2.24) is 14.9 Å². The van der Waals surface area contributed by atoms with Crippen LogP contribution in [0.3, 0.4) is 0 Å². The van der Waals surface area contributed by atoms with Gasteiger partial charge in [-0.05, 0) is 25.7 Å². The summed E-state index contributed by atoms with van der Waals surface area (Å²) in [5.74, 6) is 0.801. The number of hydrogen-bond acceptors (Lipinski definition) is 4. The van der Waals surface area contributed by atoms with E-state index in [1.54, 1.807) is 6.92 Å². The standard InChI is InChI=1S/C11H19N3O3S/c1-8-10(7-15)11(14-13-8)18(16,17)12-6-2-3-9-4-5-9/h9,12,15H,2-7H2,1H3,(H,13,14). The van der Waals surface area contributed by atoms with Gasteiger partial charge in [0.1, 0.15) is 0 Å². The molecule has 3 N–H and O–H groups in total. The Balaban J connectivity index is 1.95. The van der Waals surface area contributed by atoms with Crippen molar-refractivity contribution in [2.75, 3.05) is 6.54 Å². The average molecular weight is 273 g/mol. The van der Waals surface area contributed by atoms with E-state index < -0.39 is 10.0 Å². The molecule has 102 valence electrons. The molecule has 1 fully saturated rings. The normalized spacial score (nSPS) is 16.1. The van der Waals surface area contributed by atoms with Gasteiger partial charge in [-0.2, -0.15) is 5.10 Å². The molecule has 0 spiro atoms. The molecule has 0 aliphatic heterocycles. The Morgan fingerprint density at radius 1 is 1.50 bits per heavy atom. The minimum Gasteiger partial charge on any atom is -0.392 e. The van der Waals surface area contributed by atoms with Crippen LogP contribution in [0.25, 0.3) is 0 Å². The highest BCUT2D eigenvalue weighted by molar-refractivity contribution is 7.89. The number of aliphatic hydroxyl groups excluding tert-OH is 1. The smallest absolute Gasteiger partial charge is 0.260 e. The predicted octanol–water partition coefficient (Wildman–Crippen LogP) is 0.679. The lowest BCUT2D eigenvalue weighted by molar-refractivity contribution is 0.277. The molecule has 2 rings (SSSR count). The summed E-state index contributed by atoms with van der Waals surface area (Å²) in [6, 6.07) is 0. The Kier molecular flexibility index (Phi) is 4.04. The van der Waals surface area contributed by atoms with Gasteiger partial charge in [0.2, 0.25) is 0 Å². The van der Waals surface area contributed by atoms with Gasteiger partial charge >= 0.3 is 0 Å². The van der Waals surface area contributed by atoms with Gasteiger partial charge in [0, 0.05) is 17.8 Å². The summed E-state index contributed by atoms with van der Waals surface area (Å²) in [4.78, 5) is 0. The molecule has 0 atom stereocenters. The lowest BCUT2D eigenvalue weighted by Gasteiger charge is -2.05. The molecule has 1 heterocycles. The second-order valence-electron chi connectivity index (χ2n) is 4.77. The molecule has 1 aliphatic rings. The zero-order chi connectivity index (χ0) is 13.2. The van der Waals surface area contributed by atoms with Crippen LogP contribution in [0.4, 0.5) is 0 Å². The third-order valence-corrected chi connectivity index (χ3v) is 4.66. The number of sulfonamides is 1. The largest absolute Gasteiger partial charge is 0.392 e. The molecule has 1 aliphatic carbocycles. The lowest BCUT2D eigenvalue weighted by atomic mass is 10.2. The van der Waals surface area contributed by atoms with Crippen molar-refractivity contribution in [2.45, 2.75) is 44.2 Å². The van der Waals surface area contributed by atoms with Gasteiger partial charge < -0.3 is 5.11 Å². The topological polar surface area (TPSA) is 95.1 Å². The maximum atomic E-state index is 12.0. The molecular weight excluding hydrogens is 254 g/mol. The van der Waals surface area contributed by atoms with Gasteiger partial charge in [0.05, 0.1) is 6.61 Å². The summed E-state index contributed by atoms with van der Waals surface area (Å²) >= 11 is 0. The molecule has 1 aromatic heterocycles. The lowest BCUT2D eigenvalue weighted by Crippen LogP contribution is -2.26. The van der Waals surface area contributed by atoms with Gasteiger partial charge in [0.25, 0.3) is 10.0 Å². The fourth-order valence-corrected chi connectivity index (χ4v) is 3.17. The van der Waals surface area contributed by atoms with Crippen molar-refractivity contribution in [3.05, 3.63) is 11.3 Å². The maximum Gasteiger partial charge on any atom is 0.260 e. The average Bonchev–Trinajstić information content (AvgIpc) is 3.06. The zero-order valence-electron chi connectivity index (χ0n) is 10.4. The second kappa shape index (κ2) is 5.38. The first kappa shape index (κ1) is 13.5. The van der Waals surface area contributed by atoms with Crippen LogP contribution >= 0.6 is 0 Å². The molecule has 7 heteroatoms. The van der Waals surface area contributed by atoms with E-state index in [9.17, 15) is 8.42 Å². The maximum absolute atomic E-state index is 12.0. The van der Waals surface area contributed by atoms with E-state index in [2.05, 4.69) is 14.9 Å². The third-order valence-electron chi connectivity index (χ3n) is 3.23. The number of aryl methyl sites for hydroxylation is 1. The molecule has 1 saturated carbocycles. The van der Waals surface area contributed by atoms with Crippen molar-refractivity contribution >= 4 is 10.0 Å². The highest BCUT2D eigenvalue weighted by atomic mass is 32.2. The van der Waals surface area contributed by atoms with Crippen LogP contribution < -0.4 is 4.72 Å². The first-order valence-corrected chi connectivity index (χ1v) is 7.67. The van der Waals surface area contributed by atoms with Gasteiger partial charge in [-0.3, -0.25) is 5.10 Å². The van der Waals surface area contributed by atoms with E-state index in [1.807, 2.05) is 0 Å². The van der Waals surface area contributed by atoms with E-state index >= 15 is 0 Å². The van der Waals surface area contributed by atoms with Crippen LogP contribution in [-0.4, -0.2) is 30.3 Å². The van der Waals surface area contributed by atoms with E-state index in [0.717, 1.165) is 18.8 Å². The van der Waals surface area contributed by atoms with Crippen LogP contribution in [-0.2, 0) is 16.6 Å². The van der Waals surface area contributed by atoms with E-state index in [1.165, 1.54) is 12.8 Å². The SMILES string of the molecule is Cc1[nH]nc(S(=O)(=O)NCCCC2CC2)c1CO. The third kappa shape index (κ3) is 3.09. The number of nitrogens with one attached hydrogen (secondary N) is 2. The first-order chi connectivity index (χ1) is 8.54. The van der Waals surface area contributed by atoms with E-state index in [-0.39, 0.29) is 11.6 Å². The van der Waals surface area contributed by atoms with Crippen molar-refractivity contribution < 1.29 is 13.5 Å². The molecule has 0 aromatic carbocycles. The zero-order valence-corrected chi connectivity index (χ0v) is 11.3. The summed E-state index contributed by atoms with van der Waals surface area (Å²) in [7, 11) is -3.61. The number of aliphatic hydroxyl groups is 1. The summed E-state index contributed by atoms with van der Waals surface area (Å²) < 4.78 is 26.5. The van der Waals surface area contributed by atoms with E-state index in [4.69, 9.17) is 5.11 Å². The minimum atomic E-state index is -3.61. The van der Waals surface area contributed by atoms with Gasteiger partial charge in [-0.25, -0.2) is 13.1 Å². The number of rotatable bonds is 7. The summed E-state index contributed by atoms with van der Waals surface area (Å²) in [5.41, 5.74) is 0.917. The summed E-state index contributed by atoms with van der Waals surface area (Å²) in [6.45, 7) is 1.78. The Morgan fingerprint density at radius 3 is 2.83 bits per heavy atom. The van der Waals surface area contributed by atoms with Crippen molar-refractivity contribution in [3.63, 3.8) is 0 Å². The van der Waals surface area contributed by atoms with Crippen LogP contribution in [0.2, 0.25) is 0 Å². The second-order valence-corrected chi connectivity index (χ2v) is 6.46. The predicted molar refractivity (Wildman–Crippen MR) is 66.4 cm³/mol. The molecular formula is C11H19N3O3S. The van der Waals surface area contributed by atoms with E-state index in [0.29, 0.717) is 17.8 Å². The highest BCUT2D eigenvalue weighted by Gasteiger charge is 2.24. The Morgan fingerprint density at radius 2 is 2.22 bits per heavy atom. The number of H-pyrrole nitrogens is 1. The van der Waals surface area contributed by atoms with Gasteiger partial charge in [-0.1, -0.05) is 12.8 Å². The Labute approximate surface area is 107 Å². The molecule has 0 radical (unpaired) electrons. The molecule has 0 unspecified atom stereocenters. The van der Waals surface area contributed by atoms with Crippen molar-refractivity contribution in [3.8, 4) is 0 Å². The van der Waals surface area contributed by atoms with Crippen LogP contribution in [0.5, 0.6) is 0 Å². The first-order valence-electron chi connectivity index (χ1n) is 6.19. The van der Waals surface area contributed by atoms with Crippen LogP contribution in [0, 0.1) is 12.8 Å². The minimum absolute atomic E-state index is 0.0890. The number of nitrogens with zero attached hydrogens (tertiary/aromatic N) is 1. The Bertz CT molecular complexity index is 506. The van der Waals surface area contributed by atoms with Gasteiger partial charge in [-0.15, -0.1) is 0 Å². The molecule has 0 bridgehead atoms. The number of aromatic nitrogens is 2. The van der Waals surface area contributed by atoms with Gasteiger partial charge in [0.15, 0.2) is 5.03 Å². The Hall–Kier alpha value is -0.920. The molecule has 1 aromatic rings. The number of hydrogen-bond donors (Lipinski definition) is 3. The summed E-state index contributed by atoms with van der Waals surface area (Å²) in [6.07, 6.45) is 4.48. The van der Waals surface area contributed by atoms with Crippen molar-refractivity contribution in [1.29, 1.82) is 0 Å². The molecule has 0 saturated heterocycles. The highest BCUT2D eigenvalue weighted by Crippen LogP contribution is 2.33. The van der Waals surface area contributed by atoms with Crippen LogP contribution in [0.15, 0.2) is 5.03 Å². The monoisotopic (exact) mass is 273 g/mol. The fourth-order valence-electron chi connectivity index (χ4n) is 1.91. The number of aromatic amines is 1. The van der Waals surface area contributed by atoms with Crippen molar-refractivity contribution in [2.24, 2.45) is 5.92 Å². The quantitative estimate of drug-likeness (QED) is 0.637. The van der Waals surface area contributed by atoms with Crippen LogP contribution in [0.1, 0.15) is 36.9 Å². The summed E-state index contributed by atoms with van der Waals surface area (Å²) in [5, 5.41) is 15.4.